The summed E-state index contributed by atoms with van der Waals surface area (Å²) in [5, 5.41) is 7.21. The third-order valence-electron chi connectivity index (χ3n) is 6.15. The third kappa shape index (κ3) is 2.97. The molecular formula is C18H28N4O2. The van der Waals surface area contributed by atoms with Crippen LogP contribution in [0.3, 0.4) is 0 Å². The number of aryl methyl sites for hydroxylation is 2. The summed E-state index contributed by atoms with van der Waals surface area (Å²) in [6, 6.07) is 0.544. The standard InChI is InChI=1S/C18H28N4O2/c1-11-15(12(2)24-20-11)9-22-8-14-6-16(21(3)17(14)10-22)18(23)19-7-13-4-5-13/h13-14,16-17H,4-10H2,1-3H3,(H,19,23)/t14-,16+,17+/m1/s1. The first kappa shape index (κ1) is 16.1. The van der Waals surface area contributed by atoms with Gasteiger partial charge in [0.25, 0.3) is 0 Å². The first-order valence-corrected chi connectivity index (χ1v) is 9.16. The van der Waals surface area contributed by atoms with Crippen LogP contribution >= 0.6 is 0 Å². The Kier molecular flexibility index (Phi) is 4.12. The molecule has 0 aromatic carbocycles. The molecule has 3 aliphatic rings. The van der Waals surface area contributed by atoms with Gasteiger partial charge < -0.3 is 9.84 Å². The second-order valence-corrected chi connectivity index (χ2v) is 7.93. The van der Waals surface area contributed by atoms with E-state index in [4.69, 9.17) is 4.52 Å². The Labute approximate surface area is 143 Å². The Morgan fingerprint density at radius 1 is 1.33 bits per heavy atom. The van der Waals surface area contributed by atoms with E-state index < -0.39 is 0 Å². The van der Waals surface area contributed by atoms with Gasteiger partial charge in [0.15, 0.2) is 0 Å². The van der Waals surface area contributed by atoms with E-state index >= 15 is 0 Å². The minimum absolute atomic E-state index is 0.0555. The summed E-state index contributed by atoms with van der Waals surface area (Å²) in [4.78, 5) is 17.2. The second-order valence-electron chi connectivity index (χ2n) is 7.93. The molecule has 0 bridgehead atoms. The maximum Gasteiger partial charge on any atom is 0.237 e. The van der Waals surface area contributed by atoms with Crippen LogP contribution in [0.1, 0.15) is 36.3 Å². The van der Waals surface area contributed by atoms with Gasteiger partial charge in [-0.25, -0.2) is 0 Å². The molecule has 1 N–H and O–H groups in total. The van der Waals surface area contributed by atoms with Crippen molar-refractivity contribution in [3.63, 3.8) is 0 Å². The predicted molar refractivity (Wildman–Crippen MR) is 90.4 cm³/mol. The summed E-state index contributed by atoms with van der Waals surface area (Å²) >= 11 is 0. The molecule has 0 radical (unpaired) electrons. The van der Waals surface area contributed by atoms with Gasteiger partial charge in [-0.3, -0.25) is 14.6 Å². The molecule has 1 aromatic heterocycles. The normalized spacial score (nSPS) is 30.7. The van der Waals surface area contributed by atoms with E-state index in [9.17, 15) is 4.79 Å². The lowest BCUT2D eigenvalue weighted by Gasteiger charge is -2.26. The SMILES string of the molecule is Cc1noc(C)c1CN1C[C@H]2C[C@@H](C(=O)NCC3CC3)N(C)[C@H]2C1. The topological polar surface area (TPSA) is 61.6 Å². The zero-order valence-electron chi connectivity index (χ0n) is 14.9. The fourth-order valence-electron chi connectivity index (χ4n) is 4.38. The third-order valence-corrected chi connectivity index (χ3v) is 6.15. The van der Waals surface area contributed by atoms with Crippen molar-refractivity contribution in [2.75, 3.05) is 26.7 Å². The molecule has 6 heteroatoms. The minimum atomic E-state index is 0.0555. The summed E-state index contributed by atoms with van der Waals surface area (Å²) in [5.41, 5.74) is 2.21. The highest BCUT2D eigenvalue weighted by Crippen LogP contribution is 2.36. The van der Waals surface area contributed by atoms with Gasteiger partial charge in [0, 0.05) is 37.8 Å². The van der Waals surface area contributed by atoms with Gasteiger partial charge in [0.2, 0.25) is 5.91 Å². The maximum atomic E-state index is 12.5. The Morgan fingerprint density at radius 3 is 2.75 bits per heavy atom. The first-order valence-electron chi connectivity index (χ1n) is 9.16. The Balaban J connectivity index is 1.34. The zero-order valence-corrected chi connectivity index (χ0v) is 14.9. The molecule has 4 rings (SSSR count). The van der Waals surface area contributed by atoms with E-state index in [1.54, 1.807) is 0 Å². The van der Waals surface area contributed by atoms with E-state index in [0.717, 1.165) is 50.0 Å². The van der Waals surface area contributed by atoms with Crippen LogP contribution in [0.5, 0.6) is 0 Å². The van der Waals surface area contributed by atoms with Gasteiger partial charge in [-0.05, 0) is 52.0 Å². The van der Waals surface area contributed by atoms with Crippen molar-refractivity contribution < 1.29 is 9.32 Å². The minimum Gasteiger partial charge on any atom is -0.361 e. The molecule has 3 heterocycles. The highest BCUT2D eigenvalue weighted by molar-refractivity contribution is 5.82. The summed E-state index contributed by atoms with van der Waals surface area (Å²) in [6.45, 7) is 7.86. The van der Waals surface area contributed by atoms with E-state index in [0.29, 0.717) is 12.0 Å². The Bertz CT molecular complexity index is 605. The van der Waals surface area contributed by atoms with Crippen molar-refractivity contribution in [2.45, 2.75) is 51.7 Å². The predicted octanol–water partition coefficient (Wildman–Crippen LogP) is 1.32. The average Bonchev–Trinajstić information content (AvgIpc) is 3.13. The highest BCUT2D eigenvalue weighted by atomic mass is 16.5. The first-order chi connectivity index (χ1) is 11.5. The largest absolute Gasteiger partial charge is 0.361 e. The number of carbonyl (C=O) groups excluding carboxylic acids is 1. The molecule has 0 spiro atoms. The molecule has 1 saturated carbocycles. The smallest absolute Gasteiger partial charge is 0.237 e. The number of nitrogens with one attached hydrogen (secondary N) is 1. The fraction of sp³-hybridized carbons (Fsp3) is 0.778. The van der Waals surface area contributed by atoms with Crippen LogP contribution in [0.25, 0.3) is 0 Å². The van der Waals surface area contributed by atoms with Gasteiger partial charge in [0.05, 0.1) is 11.7 Å². The quantitative estimate of drug-likeness (QED) is 0.881. The van der Waals surface area contributed by atoms with Crippen molar-refractivity contribution in [2.24, 2.45) is 11.8 Å². The average molecular weight is 332 g/mol. The van der Waals surface area contributed by atoms with E-state index in [1.165, 1.54) is 18.4 Å². The van der Waals surface area contributed by atoms with Crippen molar-refractivity contribution in [1.82, 2.24) is 20.3 Å². The van der Waals surface area contributed by atoms with Crippen molar-refractivity contribution in [3.8, 4) is 0 Å². The van der Waals surface area contributed by atoms with Gasteiger partial charge in [-0.1, -0.05) is 5.16 Å². The number of likely N-dealkylation sites (N-methyl/N-ethyl adjacent to an activating group) is 1. The summed E-state index contributed by atoms with van der Waals surface area (Å²) < 4.78 is 5.28. The monoisotopic (exact) mass is 332 g/mol. The van der Waals surface area contributed by atoms with Crippen LogP contribution in [0.15, 0.2) is 4.52 Å². The van der Waals surface area contributed by atoms with Crippen LogP contribution < -0.4 is 5.32 Å². The molecule has 3 fully saturated rings. The lowest BCUT2D eigenvalue weighted by atomic mass is 10.0. The van der Waals surface area contributed by atoms with E-state index in [2.05, 4.69) is 27.3 Å². The maximum absolute atomic E-state index is 12.5. The molecule has 2 saturated heterocycles. The van der Waals surface area contributed by atoms with Crippen LogP contribution in [-0.4, -0.2) is 59.6 Å². The number of rotatable bonds is 5. The summed E-state index contributed by atoms with van der Waals surface area (Å²) in [5.74, 6) is 2.49. The fourth-order valence-corrected chi connectivity index (χ4v) is 4.38. The number of likely N-dealkylation sites (tertiary alicyclic amines) is 2. The van der Waals surface area contributed by atoms with Crippen LogP contribution in [0, 0.1) is 25.7 Å². The van der Waals surface area contributed by atoms with Crippen molar-refractivity contribution in [1.29, 1.82) is 0 Å². The Hall–Kier alpha value is -1.40. The highest BCUT2D eigenvalue weighted by Gasteiger charge is 2.47. The van der Waals surface area contributed by atoms with E-state index in [-0.39, 0.29) is 11.9 Å². The molecule has 6 nitrogen and oxygen atoms in total. The number of hydrogen-bond acceptors (Lipinski definition) is 5. The molecule has 132 valence electrons. The van der Waals surface area contributed by atoms with Crippen LogP contribution in [0.4, 0.5) is 0 Å². The van der Waals surface area contributed by atoms with Crippen molar-refractivity contribution >= 4 is 5.91 Å². The zero-order chi connectivity index (χ0) is 16.8. The number of fused-ring (bicyclic) bond motifs is 1. The summed E-state index contributed by atoms with van der Waals surface area (Å²) in [7, 11) is 2.12. The van der Waals surface area contributed by atoms with E-state index in [1.807, 2.05) is 13.8 Å². The molecule has 24 heavy (non-hydrogen) atoms. The van der Waals surface area contributed by atoms with Crippen LogP contribution in [0.2, 0.25) is 0 Å². The van der Waals surface area contributed by atoms with Crippen molar-refractivity contribution in [3.05, 3.63) is 17.0 Å². The molecule has 1 aliphatic carbocycles. The summed E-state index contributed by atoms with van der Waals surface area (Å²) in [6.07, 6.45) is 3.54. The molecule has 1 aromatic rings. The number of amides is 1. The van der Waals surface area contributed by atoms with Gasteiger partial charge >= 0.3 is 0 Å². The Morgan fingerprint density at radius 2 is 2.12 bits per heavy atom. The number of nitrogens with zero attached hydrogens (tertiary/aromatic N) is 3. The molecule has 2 aliphatic heterocycles. The molecule has 3 atom stereocenters. The number of hydrogen-bond donors (Lipinski definition) is 1. The number of carbonyl (C=O) groups is 1. The van der Waals surface area contributed by atoms with Gasteiger partial charge in [-0.2, -0.15) is 0 Å². The lowest BCUT2D eigenvalue weighted by Crippen LogP contribution is -2.46. The molecule has 0 unspecified atom stereocenters. The number of aromatic nitrogens is 1. The second kappa shape index (κ2) is 6.15. The molecule has 1 amide bonds. The van der Waals surface area contributed by atoms with Gasteiger partial charge in [0.1, 0.15) is 5.76 Å². The lowest BCUT2D eigenvalue weighted by molar-refractivity contribution is -0.125. The van der Waals surface area contributed by atoms with Crippen LogP contribution in [-0.2, 0) is 11.3 Å². The van der Waals surface area contributed by atoms with Gasteiger partial charge in [-0.15, -0.1) is 0 Å². The molecular weight excluding hydrogens is 304 g/mol.